The minimum atomic E-state index is -0.321. The number of benzene rings is 1. The van der Waals surface area contributed by atoms with Crippen LogP contribution in [0, 0.1) is 0 Å². The zero-order chi connectivity index (χ0) is 9.80. The summed E-state index contributed by atoms with van der Waals surface area (Å²) in [4.78, 5) is 0. The molecule has 0 N–H and O–H groups in total. The van der Waals surface area contributed by atoms with Gasteiger partial charge in [-0.15, -0.1) is 0 Å². The first-order chi connectivity index (χ1) is 6.86. The molecule has 1 heteroatoms. The van der Waals surface area contributed by atoms with E-state index in [4.69, 9.17) is 0 Å². The molecule has 0 aliphatic heterocycles. The molecule has 0 saturated carbocycles. The van der Waals surface area contributed by atoms with Crippen molar-refractivity contribution in [2.75, 3.05) is 0 Å². The van der Waals surface area contributed by atoms with Gasteiger partial charge in [0.25, 0.3) is 0 Å². The topological polar surface area (TPSA) is 0 Å². The van der Waals surface area contributed by atoms with E-state index in [-0.39, 0.29) is 23.2 Å². The van der Waals surface area contributed by atoms with Crippen LogP contribution in [0.3, 0.4) is 0 Å². The molecule has 0 saturated heterocycles. The van der Waals surface area contributed by atoms with Crippen LogP contribution in [0.2, 0.25) is 0 Å². The van der Waals surface area contributed by atoms with Gasteiger partial charge in [-0.3, -0.25) is 0 Å². The molecule has 70 valence electrons. The van der Waals surface area contributed by atoms with Crippen LogP contribution in [0.25, 0.3) is 0 Å². The predicted octanol–water partition coefficient (Wildman–Crippen LogP) is 3.50. The van der Waals surface area contributed by atoms with Gasteiger partial charge in [-0.2, -0.15) is 0 Å². The molecule has 0 nitrogen and oxygen atoms in total. The Labute approximate surface area is 97.3 Å². The number of allylic oxidation sites excluding steroid dienone is 4. The Morgan fingerprint density at radius 2 is 2.00 bits per heavy atom. The Kier molecular flexibility index (Phi) is 3.53. The van der Waals surface area contributed by atoms with E-state index in [1.54, 1.807) is 8.85 Å². The fraction of sp³-hybridized carbons (Fsp3) is 0.231. The maximum atomic E-state index is 2.30. The second-order valence-electron chi connectivity index (χ2n) is 3.61. The van der Waals surface area contributed by atoms with Crippen molar-refractivity contribution in [2.45, 2.75) is 17.5 Å². The summed E-state index contributed by atoms with van der Waals surface area (Å²) in [6, 6.07) is 10.9. The van der Waals surface area contributed by atoms with E-state index < -0.39 is 0 Å². The minimum absolute atomic E-state index is 0.321. The van der Waals surface area contributed by atoms with Crippen molar-refractivity contribution in [3.05, 3.63) is 56.9 Å². The zero-order valence-corrected chi connectivity index (χ0v) is 10.9. The van der Waals surface area contributed by atoms with E-state index >= 15 is 0 Å². The first-order valence-electron chi connectivity index (χ1n) is 5.00. The quantitative estimate of drug-likeness (QED) is 0.781. The Bertz CT molecular complexity index is 360. The van der Waals surface area contributed by atoms with Gasteiger partial charge in [0.2, 0.25) is 0 Å². The first kappa shape index (κ1) is 10.1. The van der Waals surface area contributed by atoms with Crippen molar-refractivity contribution in [3.8, 4) is 0 Å². The van der Waals surface area contributed by atoms with E-state index in [1.807, 2.05) is 0 Å². The molecule has 1 aromatic carbocycles. The van der Waals surface area contributed by atoms with Crippen LogP contribution in [0.15, 0.2) is 51.3 Å². The van der Waals surface area contributed by atoms with Gasteiger partial charge in [-0.05, 0) is 0 Å². The average Bonchev–Trinajstić information content (AvgIpc) is 2.63. The van der Waals surface area contributed by atoms with E-state index in [1.165, 1.54) is 16.1 Å². The average molecular weight is 261 g/mol. The van der Waals surface area contributed by atoms with Crippen molar-refractivity contribution in [1.29, 1.82) is 0 Å². The van der Waals surface area contributed by atoms with Crippen LogP contribution in [-0.2, 0) is 27.4 Å². The van der Waals surface area contributed by atoms with Crippen LogP contribution in [-0.4, -0.2) is 0 Å². The molecule has 1 aromatic rings. The molecule has 14 heavy (non-hydrogen) atoms. The molecular weight excluding hydrogens is 247 g/mol. The fourth-order valence-corrected chi connectivity index (χ4v) is 4.77. The van der Waals surface area contributed by atoms with Gasteiger partial charge >= 0.3 is 97.6 Å². The molecule has 2 rings (SSSR count). The summed E-state index contributed by atoms with van der Waals surface area (Å²) in [5, 5.41) is 0. The zero-order valence-electron chi connectivity index (χ0n) is 8.46. The third-order valence-corrected chi connectivity index (χ3v) is 6.47. The Morgan fingerprint density at radius 1 is 1.21 bits per heavy atom. The van der Waals surface area contributed by atoms with E-state index in [9.17, 15) is 0 Å². The molecule has 0 aromatic heterocycles. The van der Waals surface area contributed by atoms with Crippen LogP contribution in [0.4, 0.5) is 0 Å². The maximum absolute atomic E-state index is 2.30. The third-order valence-electron chi connectivity index (χ3n) is 2.51. The molecule has 0 bridgehead atoms. The van der Waals surface area contributed by atoms with Gasteiger partial charge in [0.1, 0.15) is 0 Å². The SMILES string of the molecule is CC1=[C]([Zr][CH2]c2ccccc2)CC=C1. The van der Waals surface area contributed by atoms with E-state index in [2.05, 4.69) is 49.4 Å². The van der Waals surface area contributed by atoms with Crippen LogP contribution in [0.1, 0.15) is 18.9 Å². The summed E-state index contributed by atoms with van der Waals surface area (Å²) in [6.45, 7) is 2.25. The summed E-state index contributed by atoms with van der Waals surface area (Å²) in [5.41, 5.74) is 3.07. The monoisotopic (exact) mass is 260 g/mol. The first-order valence-corrected chi connectivity index (χ1v) is 7.97. The van der Waals surface area contributed by atoms with Gasteiger partial charge in [0.05, 0.1) is 0 Å². The summed E-state index contributed by atoms with van der Waals surface area (Å²) in [6.07, 6.45) is 5.82. The van der Waals surface area contributed by atoms with Crippen LogP contribution in [0.5, 0.6) is 0 Å². The Morgan fingerprint density at radius 3 is 2.64 bits per heavy atom. The van der Waals surface area contributed by atoms with Crippen molar-refractivity contribution >= 4 is 0 Å². The van der Waals surface area contributed by atoms with Crippen molar-refractivity contribution in [2.24, 2.45) is 0 Å². The second kappa shape index (κ2) is 4.89. The number of rotatable bonds is 3. The van der Waals surface area contributed by atoms with Crippen LogP contribution >= 0.6 is 0 Å². The summed E-state index contributed by atoms with van der Waals surface area (Å²) < 4.78 is 3.12. The van der Waals surface area contributed by atoms with Gasteiger partial charge in [0.15, 0.2) is 0 Å². The fourth-order valence-electron chi connectivity index (χ4n) is 1.63. The molecule has 0 radical (unpaired) electrons. The molecule has 0 fully saturated rings. The van der Waals surface area contributed by atoms with Crippen molar-refractivity contribution in [1.82, 2.24) is 0 Å². The second-order valence-corrected chi connectivity index (χ2v) is 6.83. The summed E-state index contributed by atoms with van der Waals surface area (Å²) in [5.74, 6) is 0. The molecule has 1 aliphatic rings. The summed E-state index contributed by atoms with van der Waals surface area (Å²) >= 11 is -0.321. The molecule has 1 aliphatic carbocycles. The molecule has 0 unspecified atom stereocenters. The normalized spacial score (nSPS) is 14.9. The van der Waals surface area contributed by atoms with Crippen molar-refractivity contribution < 1.29 is 23.2 Å². The Balaban J connectivity index is 1.93. The predicted molar refractivity (Wildman–Crippen MR) is 56.6 cm³/mol. The number of hydrogen-bond donors (Lipinski definition) is 0. The van der Waals surface area contributed by atoms with Gasteiger partial charge in [-0.25, -0.2) is 0 Å². The van der Waals surface area contributed by atoms with Gasteiger partial charge in [0, 0.05) is 0 Å². The van der Waals surface area contributed by atoms with E-state index in [0.717, 1.165) is 0 Å². The van der Waals surface area contributed by atoms with E-state index in [0.29, 0.717) is 0 Å². The molecule has 0 atom stereocenters. The number of hydrogen-bond acceptors (Lipinski definition) is 0. The molecule has 0 amide bonds. The summed E-state index contributed by atoms with van der Waals surface area (Å²) in [7, 11) is 0. The standard InChI is InChI=1S/C7H7.C6H7.Zr/c1-7-5-3-2-4-6-7;1-6-4-2-3-5-6;/h2-6H,1H2;2,4H,3H2,1H3;. The third kappa shape index (κ3) is 2.54. The van der Waals surface area contributed by atoms with Gasteiger partial charge < -0.3 is 0 Å². The molecule has 0 spiro atoms. The van der Waals surface area contributed by atoms with Crippen molar-refractivity contribution in [3.63, 3.8) is 0 Å². The molecule has 0 heterocycles. The Hall–Kier alpha value is -0.417. The van der Waals surface area contributed by atoms with Gasteiger partial charge in [-0.1, -0.05) is 0 Å². The molecular formula is C13H14Zr. The van der Waals surface area contributed by atoms with Crippen LogP contribution < -0.4 is 0 Å².